The summed E-state index contributed by atoms with van der Waals surface area (Å²) in [5, 5.41) is 13.7. The average Bonchev–Trinajstić information content (AvgIpc) is 3.52. The van der Waals surface area contributed by atoms with E-state index in [1.54, 1.807) is 17.7 Å². The Hall–Kier alpha value is -3.84. The van der Waals surface area contributed by atoms with Crippen molar-refractivity contribution >= 4 is 48.2 Å². The van der Waals surface area contributed by atoms with Crippen molar-refractivity contribution in [1.29, 1.82) is 0 Å². The minimum absolute atomic E-state index is 0. The molecule has 1 aliphatic carbocycles. The average molecular weight is 960 g/mol. The minimum atomic E-state index is -0.0119. The quantitative estimate of drug-likeness (QED) is 0.0836. The van der Waals surface area contributed by atoms with Gasteiger partial charge in [0, 0.05) is 64.2 Å². The third-order valence-electron chi connectivity index (χ3n) is 11.5. The van der Waals surface area contributed by atoms with Gasteiger partial charge in [-0.2, -0.15) is 0 Å². The Bertz CT molecular complexity index is 2320. The first-order valence-electron chi connectivity index (χ1n) is 20.6. The number of thiophene rings is 1. The van der Waals surface area contributed by atoms with Gasteiger partial charge in [-0.05, 0) is 74.0 Å². The van der Waals surface area contributed by atoms with E-state index < -0.39 is 0 Å². The Morgan fingerprint density at radius 2 is 1.47 bits per heavy atom. The van der Waals surface area contributed by atoms with Crippen molar-refractivity contribution in [2.24, 2.45) is 35.5 Å². The Balaban J connectivity index is 0.000000267. The summed E-state index contributed by atoms with van der Waals surface area (Å²) in [5.74, 6) is 3.09. The monoisotopic (exact) mass is 960 g/mol. The number of benzene rings is 3. The summed E-state index contributed by atoms with van der Waals surface area (Å²) in [6.07, 6.45) is 9.85. The van der Waals surface area contributed by atoms with E-state index in [1.807, 2.05) is 13.8 Å². The summed E-state index contributed by atoms with van der Waals surface area (Å²) in [6.45, 7) is 20.6. The van der Waals surface area contributed by atoms with Crippen molar-refractivity contribution in [3.05, 3.63) is 95.9 Å². The van der Waals surface area contributed by atoms with Crippen LogP contribution in [0.5, 0.6) is 0 Å². The Morgan fingerprint density at radius 3 is 2.12 bits per heavy atom. The predicted molar refractivity (Wildman–Crippen MR) is 235 cm³/mol. The van der Waals surface area contributed by atoms with Crippen molar-refractivity contribution in [1.82, 2.24) is 19.9 Å². The zero-order chi connectivity index (χ0) is 40.3. The first kappa shape index (κ1) is 44.3. The Kier molecular flexibility index (Phi) is 15.0. The van der Waals surface area contributed by atoms with Gasteiger partial charge in [0.05, 0.1) is 17.0 Å². The van der Waals surface area contributed by atoms with E-state index in [0.717, 1.165) is 55.0 Å². The Morgan fingerprint density at radius 1 is 0.807 bits per heavy atom. The first-order chi connectivity index (χ1) is 26.7. The number of carbonyl (C=O) groups excluding carboxylic acids is 1. The molecule has 6 aromatic rings. The minimum Gasteiger partial charge on any atom is -0.512 e. The number of allylic oxidation sites excluding steroid dienone is 2. The maximum atomic E-state index is 12.3. The molecule has 0 aliphatic heterocycles. The van der Waals surface area contributed by atoms with Gasteiger partial charge in [-0.3, -0.25) is 9.78 Å². The number of nitrogens with zero attached hydrogens (tertiary/aromatic N) is 4. The number of carbonyl (C=O) groups is 1. The van der Waals surface area contributed by atoms with E-state index in [1.165, 1.54) is 53.8 Å². The van der Waals surface area contributed by atoms with E-state index in [0.29, 0.717) is 29.6 Å². The summed E-state index contributed by atoms with van der Waals surface area (Å²) in [4.78, 5) is 31.1. The van der Waals surface area contributed by atoms with Crippen molar-refractivity contribution in [2.45, 2.75) is 107 Å². The molecule has 1 N–H and O–H groups in total. The molecule has 57 heavy (non-hydrogen) atoms. The predicted octanol–water partition coefficient (Wildman–Crippen LogP) is 13.4. The van der Waals surface area contributed by atoms with Crippen LogP contribution in [0.3, 0.4) is 0 Å². The molecule has 8 heteroatoms. The van der Waals surface area contributed by atoms with E-state index in [9.17, 15) is 9.90 Å². The normalized spacial score (nSPS) is 14.1. The zero-order valence-electron chi connectivity index (χ0n) is 35.3. The summed E-state index contributed by atoms with van der Waals surface area (Å²) in [5.41, 5.74) is 7.36. The number of hydrogen-bond donors (Lipinski definition) is 1. The van der Waals surface area contributed by atoms with Gasteiger partial charge in [-0.15, -0.1) is 34.9 Å². The molecule has 3 aromatic carbocycles. The van der Waals surface area contributed by atoms with Crippen LogP contribution >= 0.6 is 11.3 Å². The second kappa shape index (κ2) is 19.3. The third kappa shape index (κ3) is 10.1. The van der Waals surface area contributed by atoms with Crippen LogP contribution in [0.15, 0.2) is 72.8 Å². The zero-order valence-corrected chi connectivity index (χ0v) is 38.5. The van der Waals surface area contributed by atoms with Crippen LogP contribution in [-0.2, 0) is 24.9 Å². The molecule has 6 nitrogen and oxygen atoms in total. The molecular weight excluding hydrogens is 901 g/mol. The number of ketones is 1. The van der Waals surface area contributed by atoms with Gasteiger partial charge in [0.15, 0.2) is 5.78 Å². The summed E-state index contributed by atoms with van der Waals surface area (Å²) in [6, 6.07) is 23.3. The molecule has 303 valence electrons. The van der Waals surface area contributed by atoms with E-state index in [-0.39, 0.29) is 43.5 Å². The maximum absolute atomic E-state index is 12.3. The molecule has 1 fully saturated rings. The maximum Gasteiger partial charge on any atom is 0.162 e. The van der Waals surface area contributed by atoms with Gasteiger partial charge in [-0.25, -0.2) is 15.0 Å². The molecule has 0 atom stereocenters. The van der Waals surface area contributed by atoms with Crippen LogP contribution in [-0.4, -0.2) is 30.8 Å². The van der Waals surface area contributed by atoms with Gasteiger partial charge in [-0.1, -0.05) is 121 Å². The van der Waals surface area contributed by atoms with E-state index >= 15 is 0 Å². The number of fused-ring (bicyclic) bond motifs is 4. The molecule has 1 aliphatic rings. The van der Waals surface area contributed by atoms with Gasteiger partial charge in [0.2, 0.25) is 0 Å². The summed E-state index contributed by atoms with van der Waals surface area (Å²) in [7, 11) is 0. The second-order valence-electron chi connectivity index (χ2n) is 17.2. The van der Waals surface area contributed by atoms with Crippen molar-refractivity contribution in [3.8, 4) is 22.5 Å². The van der Waals surface area contributed by atoms with Crippen molar-refractivity contribution in [3.63, 3.8) is 0 Å². The van der Waals surface area contributed by atoms with Crippen LogP contribution in [0.25, 0.3) is 53.6 Å². The van der Waals surface area contributed by atoms with Crippen molar-refractivity contribution in [2.75, 3.05) is 0 Å². The van der Waals surface area contributed by atoms with Crippen LogP contribution < -0.4 is 0 Å². The molecule has 0 bridgehead atoms. The smallest absolute Gasteiger partial charge is 0.162 e. The SMILES string of the molecule is CC(C)C(C(=O)/C=C(\O)C(C(C)C)C(C)C)C(C)C.Cc1cc(-c2cc(-c3ncnc4c3sc3cc(C5CCCCC5)ccc34)[c-]c3ccccc23)nc(C)n1.[Ir]. The number of aromatic nitrogens is 4. The molecule has 7 rings (SSSR count). The number of aryl methyl sites for hydroxylation is 2. The molecule has 1 saturated carbocycles. The van der Waals surface area contributed by atoms with Gasteiger partial charge >= 0.3 is 0 Å². The number of rotatable bonds is 10. The third-order valence-corrected chi connectivity index (χ3v) is 12.6. The largest absolute Gasteiger partial charge is 0.512 e. The fourth-order valence-corrected chi connectivity index (χ4v) is 10.3. The van der Waals surface area contributed by atoms with Crippen LogP contribution in [0.1, 0.15) is 110 Å². The number of hydrogen-bond acceptors (Lipinski definition) is 7. The second-order valence-corrected chi connectivity index (χ2v) is 18.2. The van der Waals surface area contributed by atoms with E-state index in [4.69, 9.17) is 15.0 Å². The number of aliphatic hydroxyl groups is 1. The van der Waals surface area contributed by atoms with E-state index in [2.05, 4.69) is 121 Å². The molecule has 1 radical (unpaired) electrons. The van der Waals surface area contributed by atoms with Gasteiger partial charge in [0.1, 0.15) is 12.2 Å². The molecule has 0 unspecified atom stereocenters. The fraction of sp³-hybridized carbons (Fsp3) is 0.449. The standard InChI is InChI=1S/C32H27N4S.C17H32O2.Ir/c1-19-14-28(36-20(2)35-19)27-16-24(15-23-10-6-7-11-25(23)27)30-32-31(34-18-33-30)26-13-12-22(17-29(26)37-32)21-8-4-3-5-9-21;1-10(2)16(11(3)4)14(18)9-15(19)17(12(5)6)13(7)8;/h6-7,10-14,16-18,21H,3-5,8-9H2,1-2H3;9-13,16-18H,1-8H3;/q-1;;/b;14-9-;. The van der Waals surface area contributed by atoms with Crippen molar-refractivity contribution < 1.29 is 30.0 Å². The number of aliphatic hydroxyl groups excluding tert-OH is 1. The Labute approximate surface area is 357 Å². The van der Waals surface area contributed by atoms with Gasteiger partial charge < -0.3 is 5.11 Å². The molecule has 0 amide bonds. The molecule has 3 aromatic heterocycles. The fourth-order valence-electron chi connectivity index (χ4n) is 9.12. The first-order valence-corrected chi connectivity index (χ1v) is 21.4. The summed E-state index contributed by atoms with van der Waals surface area (Å²) < 4.78 is 2.41. The molecule has 3 heterocycles. The van der Waals surface area contributed by atoms with Gasteiger partial charge in [0.25, 0.3) is 0 Å². The molecular formula is C49H59IrN4O2S-. The van der Waals surface area contributed by atoms with Crippen LogP contribution in [0.2, 0.25) is 0 Å². The van der Waals surface area contributed by atoms with Crippen LogP contribution in [0.4, 0.5) is 0 Å². The van der Waals surface area contributed by atoms with Crippen LogP contribution in [0, 0.1) is 55.4 Å². The molecule has 0 saturated heterocycles. The topological polar surface area (TPSA) is 88.9 Å². The summed E-state index contributed by atoms with van der Waals surface area (Å²) >= 11 is 1.80. The molecule has 0 spiro atoms.